The summed E-state index contributed by atoms with van der Waals surface area (Å²) in [6, 6.07) is 2.69. The number of carbonyl (C=O) groups is 1. The molecule has 0 amide bonds. The van der Waals surface area contributed by atoms with Crippen molar-refractivity contribution in [1.29, 1.82) is 0 Å². The Bertz CT molecular complexity index is 391. The molecule has 0 radical (unpaired) electrons. The molecule has 0 aliphatic heterocycles. The van der Waals surface area contributed by atoms with E-state index in [0.717, 1.165) is 0 Å². The topological polar surface area (TPSA) is 69.4 Å². The van der Waals surface area contributed by atoms with Gasteiger partial charge in [-0.15, -0.1) is 0 Å². The highest BCUT2D eigenvalue weighted by Gasteiger charge is 2.21. The fraction of sp³-hybridized carbons (Fsp3) is 0.125. The Labute approximate surface area is 84.4 Å². The van der Waals surface area contributed by atoms with E-state index < -0.39 is 10.6 Å². The normalized spacial score (nSPS) is 9.57. The number of nitro groups is 1. The summed E-state index contributed by atoms with van der Waals surface area (Å²) >= 11 is 5.66. The molecule has 0 heterocycles. The number of benzene rings is 1. The number of hydrogen-bond acceptors (Lipinski definition) is 4. The average Bonchev–Trinajstić information content (AvgIpc) is 2.16. The lowest BCUT2D eigenvalue weighted by Crippen LogP contribution is -1.97. The van der Waals surface area contributed by atoms with E-state index in [2.05, 4.69) is 0 Å². The predicted octanol–water partition coefficient (Wildman–Crippen LogP) is 2.07. The van der Waals surface area contributed by atoms with Crippen molar-refractivity contribution in [2.24, 2.45) is 0 Å². The smallest absolute Gasteiger partial charge is 0.302 e. The third-order valence-corrected chi connectivity index (χ3v) is 2.01. The van der Waals surface area contributed by atoms with Crippen LogP contribution >= 0.6 is 11.6 Å². The zero-order valence-corrected chi connectivity index (χ0v) is 7.95. The van der Waals surface area contributed by atoms with Crippen molar-refractivity contribution in [3.8, 4) is 5.75 Å². The van der Waals surface area contributed by atoms with E-state index in [0.29, 0.717) is 6.29 Å². The standard InChI is InChI=1S/C8H6ClNO4/c1-14-6-3-2-5(4-11)8(7(6)9)10(12)13/h2-4H,1H3. The summed E-state index contributed by atoms with van der Waals surface area (Å²) in [6.07, 6.45) is 0.378. The van der Waals surface area contributed by atoms with Crippen molar-refractivity contribution >= 4 is 23.6 Å². The molecule has 1 aromatic carbocycles. The molecule has 0 N–H and O–H groups in total. The summed E-state index contributed by atoms with van der Waals surface area (Å²) < 4.78 is 4.78. The first kappa shape index (κ1) is 10.5. The zero-order chi connectivity index (χ0) is 10.7. The van der Waals surface area contributed by atoms with Crippen molar-refractivity contribution in [2.75, 3.05) is 7.11 Å². The van der Waals surface area contributed by atoms with Gasteiger partial charge in [0.15, 0.2) is 11.3 Å². The fourth-order valence-electron chi connectivity index (χ4n) is 0.999. The highest BCUT2D eigenvalue weighted by Crippen LogP contribution is 2.35. The van der Waals surface area contributed by atoms with Crippen LogP contribution in [-0.2, 0) is 0 Å². The Kier molecular flexibility index (Phi) is 3.03. The Hall–Kier alpha value is -1.62. The van der Waals surface area contributed by atoms with Gasteiger partial charge in [0.2, 0.25) is 0 Å². The number of halogens is 1. The van der Waals surface area contributed by atoms with Gasteiger partial charge in [-0.25, -0.2) is 0 Å². The first-order valence-corrected chi connectivity index (χ1v) is 3.95. The zero-order valence-electron chi connectivity index (χ0n) is 7.19. The Morgan fingerprint density at radius 3 is 2.64 bits per heavy atom. The maximum atomic E-state index is 10.6. The lowest BCUT2D eigenvalue weighted by Gasteiger charge is -2.03. The molecule has 0 saturated heterocycles. The van der Waals surface area contributed by atoms with Gasteiger partial charge in [-0.3, -0.25) is 14.9 Å². The summed E-state index contributed by atoms with van der Waals surface area (Å²) in [5.74, 6) is 0.170. The average molecular weight is 216 g/mol. The number of aldehydes is 1. The molecule has 1 rings (SSSR count). The molecule has 0 unspecified atom stereocenters. The highest BCUT2D eigenvalue weighted by molar-refractivity contribution is 6.34. The summed E-state index contributed by atoms with van der Waals surface area (Å²) in [5.41, 5.74) is -0.498. The lowest BCUT2D eigenvalue weighted by atomic mass is 10.2. The van der Waals surface area contributed by atoms with Crippen LogP contribution in [0.25, 0.3) is 0 Å². The van der Waals surface area contributed by atoms with E-state index in [1.807, 2.05) is 0 Å². The van der Waals surface area contributed by atoms with Gasteiger partial charge in [0, 0.05) is 0 Å². The highest BCUT2D eigenvalue weighted by atomic mass is 35.5. The second-order valence-corrected chi connectivity index (χ2v) is 2.77. The molecule has 5 nitrogen and oxygen atoms in total. The predicted molar refractivity (Wildman–Crippen MR) is 50.0 cm³/mol. The van der Waals surface area contributed by atoms with Gasteiger partial charge >= 0.3 is 5.69 Å². The fourth-order valence-corrected chi connectivity index (χ4v) is 1.32. The molecular formula is C8H6ClNO4. The van der Waals surface area contributed by atoms with Crippen LogP contribution in [0.3, 0.4) is 0 Å². The minimum absolute atomic E-state index is 0.0687. The van der Waals surface area contributed by atoms with Crippen LogP contribution in [0.1, 0.15) is 10.4 Å². The molecule has 0 aliphatic rings. The molecule has 1 aromatic rings. The third-order valence-electron chi connectivity index (χ3n) is 1.64. The molecule has 74 valence electrons. The summed E-state index contributed by atoms with van der Waals surface area (Å²) in [6.45, 7) is 0. The number of nitrogens with zero attached hydrogens (tertiary/aromatic N) is 1. The Morgan fingerprint density at radius 1 is 1.57 bits per heavy atom. The van der Waals surface area contributed by atoms with Crippen molar-refractivity contribution in [3.63, 3.8) is 0 Å². The first-order chi connectivity index (χ1) is 6.61. The number of rotatable bonds is 3. The molecule has 6 heteroatoms. The molecule has 0 atom stereocenters. The maximum Gasteiger partial charge on any atom is 0.302 e. The van der Waals surface area contributed by atoms with Gasteiger partial charge in [-0.1, -0.05) is 11.6 Å². The number of hydrogen-bond donors (Lipinski definition) is 0. The second kappa shape index (κ2) is 4.06. The van der Waals surface area contributed by atoms with Crippen molar-refractivity contribution in [2.45, 2.75) is 0 Å². The van der Waals surface area contributed by atoms with E-state index in [4.69, 9.17) is 16.3 Å². The van der Waals surface area contributed by atoms with Crippen LogP contribution in [-0.4, -0.2) is 18.3 Å². The van der Waals surface area contributed by atoms with Crippen LogP contribution in [0.5, 0.6) is 5.75 Å². The largest absolute Gasteiger partial charge is 0.495 e. The van der Waals surface area contributed by atoms with Crippen LogP contribution in [0.15, 0.2) is 12.1 Å². The molecule has 0 bridgehead atoms. The number of ether oxygens (including phenoxy) is 1. The van der Waals surface area contributed by atoms with Gasteiger partial charge in [0.05, 0.1) is 17.6 Å². The minimum Gasteiger partial charge on any atom is -0.495 e. The number of carbonyl (C=O) groups excluding carboxylic acids is 1. The monoisotopic (exact) mass is 215 g/mol. The van der Waals surface area contributed by atoms with E-state index in [9.17, 15) is 14.9 Å². The van der Waals surface area contributed by atoms with Gasteiger partial charge < -0.3 is 4.74 Å². The van der Waals surface area contributed by atoms with E-state index in [-0.39, 0.29) is 16.3 Å². The SMILES string of the molecule is COc1ccc(C=O)c([N+](=O)[O-])c1Cl. The first-order valence-electron chi connectivity index (χ1n) is 3.58. The summed E-state index contributed by atoms with van der Waals surface area (Å²) in [5, 5.41) is 10.4. The summed E-state index contributed by atoms with van der Waals surface area (Å²) in [4.78, 5) is 20.3. The maximum absolute atomic E-state index is 10.6. The van der Waals surface area contributed by atoms with Crippen LogP contribution in [0.4, 0.5) is 5.69 Å². The minimum atomic E-state index is -0.714. The van der Waals surface area contributed by atoms with Gasteiger partial charge in [0.1, 0.15) is 5.75 Å². The Balaban J connectivity index is 3.46. The molecule has 0 fully saturated rings. The van der Waals surface area contributed by atoms with E-state index in [1.54, 1.807) is 0 Å². The number of methoxy groups -OCH3 is 1. The van der Waals surface area contributed by atoms with E-state index in [1.165, 1.54) is 19.2 Å². The molecule has 0 aliphatic carbocycles. The molecular weight excluding hydrogens is 210 g/mol. The van der Waals surface area contributed by atoms with Crippen molar-refractivity contribution in [1.82, 2.24) is 0 Å². The molecule has 0 spiro atoms. The van der Waals surface area contributed by atoms with Crippen molar-refractivity contribution in [3.05, 3.63) is 32.8 Å². The molecule has 0 aromatic heterocycles. The lowest BCUT2D eigenvalue weighted by molar-refractivity contribution is -0.385. The summed E-state index contributed by atoms with van der Waals surface area (Å²) in [7, 11) is 1.34. The second-order valence-electron chi connectivity index (χ2n) is 2.39. The van der Waals surface area contributed by atoms with Crippen LogP contribution in [0, 0.1) is 10.1 Å². The quantitative estimate of drug-likeness (QED) is 0.440. The van der Waals surface area contributed by atoms with Gasteiger partial charge in [0.25, 0.3) is 0 Å². The van der Waals surface area contributed by atoms with Gasteiger partial charge in [-0.05, 0) is 12.1 Å². The Morgan fingerprint density at radius 2 is 2.21 bits per heavy atom. The van der Waals surface area contributed by atoms with Crippen molar-refractivity contribution < 1.29 is 14.5 Å². The molecule has 14 heavy (non-hydrogen) atoms. The van der Waals surface area contributed by atoms with E-state index >= 15 is 0 Å². The van der Waals surface area contributed by atoms with Crippen LogP contribution in [0.2, 0.25) is 5.02 Å². The van der Waals surface area contributed by atoms with Crippen LogP contribution < -0.4 is 4.74 Å². The van der Waals surface area contributed by atoms with Gasteiger partial charge in [-0.2, -0.15) is 0 Å². The molecule has 0 saturated carbocycles. The third kappa shape index (κ3) is 1.67. The number of nitro benzene ring substituents is 1.